The molecule has 1 aromatic carbocycles. The highest BCUT2D eigenvalue weighted by atomic mass is 16.5. The molecule has 7 nitrogen and oxygen atoms in total. The summed E-state index contributed by atoms with van der Waals surface area (Å²) >= 11 is 0. The number of hydrogen-bond acceptors (Lipinski definition) is 5. The lowest BCUT2D eigenvalue weighted by atomic mass is 9.96. The average Bonchev–Trinajstić information content (AvgIpc) is 3.04. The number of carbonyl (C=O) groups excluding carboxylic acids is 1. The molecule has 1 N–H and O–H groups in total. The number of methoxy groups -OCH3 is 1. The Hall–Kier alpha value is -2.12. The largest absolute Gasteiger partial charge is 0.497 e. The molecule has 1 atom stereocenters. The van der Waals surface area contributed by atoms with E-state index >= 15 is 0 Å². The molecule has 1 spiro atoms. The minimum absolute atomic E-state index is 0.0530. The number of benzene rings is 1. The molecule has 1 amide bonds. The van der Waals surface area contributed by atoms with Gasteiger partial charge in [-0.15, -0.1) is 0 Å². The molecular formula is C20H28N2O5. The topological polar surface area (TPSA) is 79.3 Å². The minimum Gasteiger partial charge on any atom is -0.497 e. The Labute approximate surface area is 159 Å². The van der Waals surface area contributed by atoms with Gasteiger partial charge < -0.3 is 19.5 Å². The van der Waals surface area contributed by atoms with Gasteiger partial charge in [-0.3, -0.25) is 9.69 Å². The van der Waals surface area contributed by atoms with Crippen LogP contribution in [0, 0.1) is 0 Å². The van der Waals surface area contributed by atoms with Gasteiger partial charge in [0.05, 0.1) is 20.1 Å². The van der Waals surface area contributed by atoms with Crippen LogP contribution in [0.3, 0.4) is 0 Å². The maximum atomic E-state index is 13.1. The summed E-state index contributed by atoms with van der Waals surface area (Å²) in [6, 6.07) is 6.35. The van der Waals surface area contributed by atoms with Crippen LogP contribution < -0.4 is 4.74 Å². The molecule has 7 heteroatoms. The standard InChI is InChI=1S/C20H28N2O5/c1-3-10-21-11-8-20(9-12-21)22(17(14-27-20)19(24)25)18(23)13-15-4-6-16(26-2)7-5-15/h4-7,17H,3,8-14H2,1-2H3,(H,24,25). The van der Waals surface area contributed by atoms with Crippen molar-refractivity contribution < 1.29 is 24.2 Å². The molecule has 0 bridgehead atoms. The van der Waals surface area contributed by atoms with E-state index in [1.54, 1.807) is 19.2 Å². The van der Waals surface area contributed by atoms with E-state index in [0.717, 1.165) is 37.4 Å². The van der Waals surface area contributed by atoms with Crippen molar-refractivity contribution in [1.29, 1.82) is 0 Å². The van der Waals surface area contributed by atoms with E-state index in [-0.39, 0.29) is 18.9 Å². The number of carbonyl (C=O) groups is 2. The van der Waals surface area contributed by atoms with Crippen molar-refractivity contribution in [2.75, 3.05) is 33.4 Å². The van der Waals surface area contributed by atoms with Crippen LogP contribution >= 0.6 is 0 Å². The number of piperidine rings is 1. The first-order valence-electron chi connectivity index (χ1n) is 9.53. The van der Waals surface area contributed by atoms with Gasteiger partial charge in [-0.25, -0.2) is 4.79 Å². The first-order valence-corrected chi connectivity index (χ1v) is 9.53. The molecule has 2 heterocycles. The zero-order chi connectivity index (χ0) is 19.4. The first kappa shape index (κ1) is 19.6. The van der Waals surface area contributed by atoms with Gasteiger partial charge in [-0.1, -0.05) is 19.1 Å². The van der Waals surface area contributed by atoms with E-state index in [4.69, 9.17) is 9.47 Å². The molecule has 1 aromatic rings. The Morgan fingerprint density at radius 3 is 2.48 bits per heavy atom. The van der Waals surface area contributed by atoms with E-state index in [0.29, 0.717) is 12.8 Å². The predicted molar refractivity (Wildman–Crippen MR) is 99.6 cm³/mol. The molecule has 148 valence electrons. The van der Waals surface area contributed by atoms with Gasteiger partial charge in [0.2, 0.25) is 5.91 Å². The third-order valence-corrected chi connectivity index (χ3v) is 5.51. The molecule has 2 aliphatic heterocycles. The minimum atomic E-state index is -1.01. The zero-order valence-corrected chi connectivity index (χ0v) is 16.0. The van der Waals surface area contributed by atoms with Crippen LogP contribution in [0.1, 0.15) is 31.7 Å². The Balaban J connectivity index is 1.77. The average molecular weight is 376 g/mol. The number of likely N-dealkylation sites (tertiary alicyclic amines) is 1. The third kappa shape index (κ3) is 4.09. The molecule has 0 aliphatic carbocycles. The van der Waals surface area contributed by atoms with Gasteiger partial charge in [0.1, 0.15) is 11.5 Å². The molecule has 3 rings (SSSR count). The quantitative estimate of drug-likeness (QED) is 0.815. The summed E-state index contributed by atoms with van der Waals surface area (Å²) in [6.07, 6.45) is 2.51. The fraction of sp³-hybridized carbons (Fsp3) is 0.600. The van der Waals surface area contributed by atoms with Crippen LogP contribution in [0.25, 0.3) is 0 Å². The molecule has 2 saturated heterocycles. The Morgan fingerprint density at radius 1 is 1.26 bits per heavy atom. The SMILES string of the molecule is CCCN1CCC2(CC1)OCC(C(=O)O)N2C(=O)Cc1ccc(OC)cc1. The van der Waals surface area contributed by atoms with Gasteiger partial charge in [0.25, 0.3) is 0 Å². The van der Waals surface area contributed by atoms with E-state index in [1.165, 1.54) is 4.90 Å². The Morgan fingerprint density at radius 2 is 1.93 bits per heavy atom. The van der Waals surface area contributed by atoms with Gasteiger partial charge >= 0.3 is 5.97 Å². The van der Waals surface area contributed by atoms with Crippen molar-refractivity contribution in [3.05, 3.63) is 29.8 Å². The molecule has 0 aromatic heterocycles. The first-order chi connectivity index (χ1) is 13.0. The molecule has 27 heavy (non-hydrogen) atoms. The summed E-state index contributed by atoms with van der Waals surface area (Å²) in [7, 11) is 1.59. The molecule has 0 saturated carbocycles. The smallest absolute Gasteiger partial charge is 0.328 e. The number of ether oxygens (including phenoxy) is 2. The predicted octanol–water partition coefficient (Wildman–Crippen LogP) is 1.75. The van der Waals surface area contributed by atoms with Crippen molar-refractivity contribution in [3.63, 3.8) is 0 Å². The summed E-state index contributed by atoms with van der Waals surface area (Å²) in [6.45, 7) is 4.83. The normalized spacial score (nSPS) is 22.1. The maximum Gasteiger partial charge on any atom is 0.328 e. The number of hydrogen-bond donors (Lipinski definition) is 1. The summed E-state index contributed by atoms with van der Waals surface area (Å²) < 4.78 is 11.1. The molecule has 0 radical (unpaired) electrons. The third-order valence-electron chi connectivity index (χ3n) is 5.51. The summed E-state index contributed by atoms with van der Waals surface area (Å²) in [5, 5.41) is 9.62. The van der Waals surface area contributed by atoms with Crippen molar-refractivity contribution in [1.82, 2.24) is 9.80 Å². The van der Waals surface area contributed by atoms with Crippen LogP contribution in [0.2, 0.25) is 0 Å². The Bertz CT molecular complexity index is 667. The van der Waals surface area contributed by atoms with Crippen LogP contribution in [0.15, 0.2) is 24.3 Å². The molecular weight excluding hydrogens is 348 g/mol. The lowest BCUT2D eigenvalue weighted by Crippen LogP contribution is -2.58. The van der Waals surface area contributed by atoms with Gasteiger partial charge in [0.15, 0.2) is 6.04 Å². The Kier molecular flexibility index (Phi) is 6.01. The van der Waals surface area contributed by atoms with Crippen molar-refractivity contribution in [3.8, 4) is 5.75 Å². The zero-order valence-electron chi connectivity index (χ0n) is 16.0. The molecule has 1 unspecified atom stereocenters. The second kappa shape index (κ2) is 8.27. The van der Waals surface area contributed by atoms with E-state index < -0.39 is 17.7 Å². The van der Waals surface area contributed by atoms with Crippen molar-refractivity contribution in [2.45, 2.75) is 44.4 Å². The monoisotopic (exact) mass is 376 g/mol. The van der Waals surface area contributed by atoms with Gasteiger partial charge in [-0.2, -0.15) is 0 Å². The van der Waals surface area contributed by atoms with Crippen LogP contribution in [0.5, 0.6) is 5.75 Å². The maximum absolute atomic E-state index is 13.1. The van der Waals surface area contributed by atoms with Gasteiger partial charge in [-0.05, 0) is 30.7 Å². The number of carboxylic acid groups (broad SMARTS) is 1. The highest BCUT2D eigenvalue weighted by Gasteiger charge is 2.53. The number of rotatable bonds is 6. The number of amides is 1. The van der Waals surface area contributed by atoms with Gasteiger partial charge in [0, 0.05) is 25.9 Å². The highest BCUT2D eigenvalue weighted by Crippen LogP contribution is 2.38. The molecule has 2 aliphatic rings. The number of carboxylic acids is 1. The second-order valence-electron chi connectivity index (χ2n) is 7.24. The highest BCUT2D eigenvalue weighted by molar-refractivity contribution is 5.86. The van der Waals surface area contributed by atoms with Crippen LogP contribution in [-0.2, 0) is 20.7 Å². The van der Waals surface area contributed by atoms with E-state index in [9.17, 15) is 14.7 Å². The number of aliphatic carboxylic acids is 1. The fourth-order valence-electron chi connectivity index (χ4n) is 4.08. The summed E-state index contributed by atoms with van der Waals surface area (Å²) in [5.41, 5.74) is 0.0343. The number of nitrogens with zero attached hydrogens (tertiary/aromatic N) is 2. The fourth-order valence-corrected chi connectivity index (χ4v) is 4.08. The van der Waals surface area contributed by atoms with E-state index in [1.807, 2.05) is 12.1 Å². The van der Waals surface area contributed by atoms with Crippen LogP contribution in [0.4, 0.5) is 0 Å². The lowest BCUT2D eigenvalue weighted by Gasteiger charge is -2.44. The van der Waals surface area contributed by atoms with Crippen molar-refractivity contribution >= 4 is 11.9 Å². The second-order valence-corrected chi connectivity index (χ2v) is 7.24. The van der Waals surface area contributed by atoms with Crippen LogP contribution in [-0.4, -0.2) is 71.9 Å². The molecule has 2 fully saturated rings. The van der Waals surface area contributed by atoms with Crippen molar-refractivity contribution in [2.24, 2.45) is 0 Å². The summed E-state index contributed by atoms with van der Waals surface area (Å²) in [5.74, 6) is -0.487. The van der Waals surface area contributed by atoms with E-state index in [2.05, 4.69) is 11.8 Å². The lowest BCUT2D eigenvalue weighted by molar-refractivity contribution is -0.165. The summed E-state index contributed by atoms with van der Waals surface area (Å²) in [4.78, 5) is 28.7.